The van der Waals surface area contributed by atoms with Crippen molar-refractivity contribution < 1.29 is 22.9 Å². The van der Waals surface area contributed by atoms with E-state index in [1.807, 2.05) is 0 Å². The van der Waals surface area contributed by atoms with Crippen LogP contribution in [0, 0.1) is 6.92 Å². The van der Waals surface area contributed by atoms with Crippen molar-refractivity contribution >= 4 is 33.1 Å². The molecule has 0 aliphatic rings. The SMILES string of the molecule is Cc1ccc(C(C)(C)N=Nc2ccc(N=Nc3ccc(C(=O)O)cc3)cc2)cc1S(=O)(=O)O. The summed E-state index contributed by atoms with van der Waals surface area (Å²) in [5, 5.41) is 25.7. The zero-order chi connectivity index (χ0) is 24.2. The van der Waals surface area contributed by atoms with E-state index in [9.17, 15) is 17.8 Å². The van der Waals surface area contributed by atoms with E-state index in [-0.39, 0.29) is 10.5 Å². The van der Waals surface area contributed by atoms with Gasteiger partial charge >= 0.3 is 5.97 Å². The zero-order valence-corrected chi connectivity index (χ0v) is 19.0. The number of aromatic carboxylic acids is 1. The number of carbonyl (C=O) groups is 1. The highest BCUT2D eigenvalue weighted by molar-refractivity contribution is 7.85. The van der Waals surface area contributed by atoms with Gasteiger partial charge in [-0.1, -0.05) is 12.1 Å². The van der Waals surface area contributed by atoms with Gasteiger partial charge in [0.25, 0.3) is 10.1 Å². The van der Waals surface area contributed by atoms with E-state index in [4.69, 9.17) is 5.11 Å². The maximum absolute atomic E-state index is 11.6. The zero-order valence-electron chi connectivity index (χ0n) is 18.2. The summed E-state index contributed by atoms with van der Waals surface area (Å²) >= 11 is 0. The third-order valence-electron chi connectivity index (χ3n) is 4.83. The van der Waals surface area contributed by atoms with Gasteiger partial charge in [0.1, 0.15) is 5.54 Å². The molecular formula is C23H22N4O5S. The van der Waals surface area contributed by atoms with Gasteiger partial charge in [0.15, 0.2) is 0 Å². The summed E-state index contributed by atoms with van der Waals surface area (Å²) in [5.41, 5.74) is 2.02. The van der Waals surface area contributed by atoms with E-state index >= 15 is 0 Å². The minimum atomic E-state index is -4.34. The number of nitrogens with zero attached hydrogens (tertiary/aromatic N) is 4. The van der Waals surface area contributed by atoms with Crippen LogP contribution >= 0.6 is 0 Å². The Morgan fingerprint density at radius 1 is 0.818 bits per heavy atom. The summed E-state index contributed by atoms with van der Waals surface area (Å²) in [6.45, 7) is 5.17. The van der Waals surface area contributed by atoms with Crippen LogP contribution in [0.1, 0.15) is 35.3 Å². The average Bonchev–Trinajstić information content (AvgIpc) is 2.76. The maximum Gasteiger partial charge on any atom is 0.335 e. The molecule has 170 valence electrons. The lowest BCUT2D eigenvalue weighted by molar-refractivity contribution is 0.0697. The Kier molecular flexibility index (Phi) is 6.80. The number of aryl methyl sites for hydroxylation is 1. The molecule has 0 aliphatic heterocycles. The van der Waals surface area contributed by atoms with Crippen LogP contribution < -0.4 is 0 Å². The first kappa shape index (κ1) is 23.9. The first-order valence-electron chi connectivity index (χ1n) is 9.82. The highest BCUT2D eigenvalue weighted by atomic mass is 32.2. The van der Waals surface area contributed by atoms with Crippen molar-refractivity contribution in [1.29, 1.82) is 0 Å². The molecule has 0 unspecified atom stereocenters. The predicted octanol–water partition coefficient (Wildman–Crippen LogP) is 6.37. The van der Waals surface area contributed by atoms with Crippen molar-refractivity contribution in [1.82, 2.24) is 0 Å². The molecular weight excluding hydrogens is 444 g/mol. The predicted molar refractivity (Wildman–Crippen MR) is 123 cm³/mol. The van der Waals surface area contributed by atoms with Gasteiger partial charge in [-0.25, -0.2) is 4.79 Å². The Morgan fingerprint density at radius 3 is 1.79 bits per heavy atom. The molecule has 0 saturated carbocycles. The molecule has 3 aromatic rings. The fourth-order valence-corrected chi connectivity index (χ4v) is 3.62. The van der Waals surface area contributed by atoms with Crippen LogP contribution in [0.5, 0.6) is 0 Å². The first-order chi connectivity index (χ1) is 15.5. The minimum absolute atomic E-state index is 0.157. The molecule has 0 saturated heterocycles. The van der Waals surface area contributed by atoms with E-state index in [1.54, 1.807) is 69.3 Å². The van der Waals surface area contributed by atoms with E-state index in [2.05, 4.69) is 20.5 Å². The lowest BCUT2D eigenvalue weighted by Crippen LogP contribution is -2.14. The largest absolute Gasteiger partial charge is 0.478 e. The molecule has 10 heteroatoms. The lowest BCUT2D eigenvalue weighted by atomic mass is 9.95. The molecule has 9 nitrogen and oxygen atoms in total. The number of carboxylic acids is 1. The molecule has 0 radical (unpaired) electrons. The molecule has 0 heterocycles. The van der Waals surface area contributed by atoms with Crippen LogP contribution in [0.4, 0.5) is 17.1 Å². The van der Waals surface area contributed by atoms with Gasteiger partial charge in [-0.2, -0.15) is 28.9 Å². The fourth-order valence-electron chi connectivity index (χ4n) is 2.87. The Bertz CT molecular complexity index is 1330. The molecule has 2 N–H and O–H groups in total. The van der Waals surface area contributed by atoms with E-state index in [1.165, 1.54) is 18.2 Å². The number of benzene rings is 3. The monoisotopic (exact) mass is 466 g/mol. The average molecular weight is 467 g/mol. The van der Waals surface area contributed by atoms with Gasteiger partial charge in [0, 0.05) is 0 Å². The lowest BCUT2D eigenvalue weighted by Gasteiger charge is -2.20. The minimum Gasteiger partial charge on any atom is -0.478 e. The molecule has 33 heavy (non-hydrogen) atoms. The van der Waals surface area contributed by atoms with Gasteiger partial charge in [0.05, 0.1) is 27.5 Å². The number of hydrogen-bond acceptors (Lipinski definition) is 7. The van der Waals surface area contributed by atoms with Crippen molar-refractivity contribution in [2.45, 2.75) is 31.2 Å². The third-order valence-corrected chi connectivity index (χ3v) is 5.83. The molecule has 0 spiro atoms. The Labute approximate surface area is 191 Å². The summed E-state index contributed by atoms with van der Waals surface area (Å²) in [6, 6.07) is 17.6. The van der Waals surface area contributed by atoms with Crippen molar-refractivity contribution in [3.8, 4) is 0 Å². The quantitative estimate of drug-likeness (QED) is 0.307. The summed E-state index contributed by atoms with van der Waals surface area (Å²) in [7, 11) is -4.34. The topological polar surface area (TPSA) is 141 Å². The highest BCUT2D eigenvalue weighted by Gasteiger charge is 2.23. The molecule has 0 aliphatic carbocycles. The second kappa shape index (κ2) is 9.39. The van der Waals surface area contributed by atoms with E-state index < -0.39 is 21.6 Å². The van der Waals surface area contributed by atoms with Crippen molar-refractivity contribution in [2.24, 2.45) is 20.5 Å². The molecule has 3 aromatic carbocycles. The molecule has 0 amide bonds. The summed E-state index contributed by atoms with van der Waals surface area (Å²) in [4.78, 5) is 10.7. The second-order valence-corrected chi connectivity index (χ2v) is 9.17. The van der Waals surface area contributed by atoms with Crippen LogP contribution in [0.25, 0.3) is 0 Å². The Balaban J connectivity index is 1.73. The Morgan fingerprint density at radius 2 is 1.30 bits per heavy atom. The smallest absolute Gasteiger partial charge is 0.335 e. The fraction of sp³-hybridized carbons (Fsp3) is 0.174. The van der Waals surface area contributed by atoms with Crippen LogP contribution in [0.15, 0.2) is 92.1 Å². The number of rotatable bonds is 7. The number of azo groups is 2. The standard InChI is InChI=1S/C23H22N4O5S/c1-15-4-7-17(14-21(15)33(30,31)32)23(2,3)27-26-20-12-10-19(11-13-20)25-24-18-8-5-16(6-9-18)22(28)29/h4-14H,1-3H3,(H,28,29)(H,30,31,32). The number of carboxylic acid groups (broad SMARTS) is 1. The molecule has 0 aromatic heterocycles. The summed E-state index contributed by atoms with van der Waals surface area (Å²) in [6.07, 6.45) is 0. The Hall–Kier alpha value is -3.76. The van der Waals surface area contributed by atoms with Gasteiger partial charge in [-0.05, 0) is 86.5 Å². The molecule has 0 bridgehead atoms. The van der Waals surface area contributed by atoms with Crippen molar-refractivity contribution in [2.75, 3.05) is 0 Å². The molecule has 3 rings (SSSR count). The van der Waals surface area contributed by atoms with E-state index in [0.717, 1.165) is 0 Å². The molecule has 0 atom stereocenters. The van der Waals surface area contributed by atoms with E-state index in [0.29, 0.717) is 28.2 Å². The number of hydrogen-bond donors (Lipinski definition) is 2. The highest BCUT2D eigenvalue weighted by Crippen LogP contribution is 2.30. The summed E-state index contributed by atoms with van der Waals surface area (Å²) in [5.74, 6) is -1.01. The molecule has 0 fully saturated rings. The van der Waals surface area contributed by atoms with Crippen molar-refractivity contribution in [3.05, 3.63) is 83.4 Å². The summed E-state index contributed by atoms with van der Waals surface area (Å²) < 4.78 is 32.6. The van der Waals surface area contributed by atoms with Crippen molar-refractivity contribution in [3.63, 3.8) is 0 Å². The first-order valence-corrected chi connectivity index (χ1v) is 11.3. The second-order valence-electron chi connectivity index (χ2n) is 7.78. The van der Waals surface area contributed by atoms with Gasteiger partial charge in [-0.15, -0.1) is 0 Å². The van der Waals surface area contributed by atoms with Gasteiger partial charge in [0.2, 0.25) is 0 Å². The maximum atomic E-state index is 11.6. The third kappa shape index (κ3) is 6.15. The van der Waals surface area contributed by atoms with Gasteiger partial charge in [-0.3, -0.25) is 4.55 Å². The van der Waals surface area contributed by atoms with Gasteiger partial charge < -0.3 is 5.11 Å². The van der Waals surface area contributed by atoms with Crippen LogP contribution in [-0.4, -0.2) is 24.0 Å². The van der Waals surface area contributed by atoms with Crippen LogP contribution in [0.2, 0.25) is 0 Å². The normalized spacial score (nSPS) is 12.5. The van der Waals surface area contributed by atoms with Crippen LogP contribution in [-0.2, 0) is 15.7 Å². The van der Waals surface area contributed by atoms with Crippen LogP contribution in [0.3, 0.4) is 0 Å².